The zero-order valence-electron chi connectivity index (χ0n) is 6.38. The molecule has 1 saturated heterocycles. The van der Waals surface area contributed by atoms with Gasteiger partial charge >= 0.3 is 0 Å². The van der Waals surface area contributed by atoms with Crippen LogP contribution in [0.15, 0.2) is 11.4 Å². The van der Waals surface area contributed by atoms with E-state index < -0.39 is 0 Å². The molecular formula is C8H10ClNS. The molecular weight excluding hydrogens is 178 g/mol. The Labute approximate surface area is 75.6 Å². The molecule has 1 fully saturated rings. The van der Waals surface area contributed by atoms with Crippen molar-refractivity contribution in [3.8, 4) is 0 Å². The molecule has 3 heteroatoms. The van der Waals surface area contributed by atoms with E-state index in [2.05, 4.69) is 17.2 Å². The highest BCUT2D eigenvalue weighted by Gasteiger charge is 2.22. The molecule has 2 rings (SSSR count). The minimum Gasteiger partial charge on any atom is -0.370 e. The molecule has 0 spiro atoms. The summed E-state index contributed by atoms with van der Waals surface area (Å²) in [5, 5.41) is 2.12. The van der Waals surface area contributed by atoms with Crippen molar-refractivity contribution in [1.82, 2.24) is 0 Å². The van der Waals surface area contributed by atoms with Crippen LogP contribution in [-0.4, -0.2) is 13.1 Å². The molecule has 0 aromatic carbocycles. The fraction of sp³-hybridized carbons (Fsp3) is 0.500. The van der Waals surface area contributed by atoms with Gasteiger partial charge in [0.25, 0.3) is 0 Å². The van der Waals surface area contributed by atoms with Crippen molar-refractivity contribution in [3.05, 3.63) is 15.8 Å². The van der Waals surface area contributed by atoms with Crippen LogP contribution in [-0.2, 0) is 0 Å². The lowest BCUT2D eigenvalue weighted by Crippen LogP contribution is -2.44. The second-order valence-corrected chi connectivity index (χ2v) is 4.66. The van der Waals surface area contributed by atoms with Gasteiger partial charge in [0.2, 0.25) is 0 Å². The highest BCUT2D eigenvalue weighted by atomic mass is 35.5. The van der Waals surface area contributed by atoms with E-state index in [9.17, 15) is 0 Å². The van der Waals surface area contributed by atoms with Crippen molar-refractivity contribution in [1.29, 1.82) is 0 Å². The van der Waals surface area contributed by atoms with Crippen molar-refractivity contribution < 1.29 is 0 Å². The SMILES string of the molecule is CC1CN(c2csc(Cl)c2)C1. The van der Waals surface area contributed by atoms with Gasteiger partial charge in [0.05, 0.1) is 4.34 Å². The van der Waals surface area contributed by atoms with Crippen LogP contribution in [0.3, 0.4) is 0 Å². The smallest absolute Gasteiger partial charge is 0.0949 e. The van der Waals surface area contributed by atoms with Gasteiger partial charge in [-0.25, -0.2) is 0 Å². The molecule has 1 aromatic rings. The maximum Gasteiger partial charge on any atom is 0.0949 e. The predicted octanol–water partition coefficient (Wildman–Crippen LogP) is 2.86. The molecule has 1 nitrogen and oxygen atoms in total. The van der Waals surface area contributed by atoms with E-state index in [1.54, 1.807) is 11.3 Å². The van der Waals surface area contributed by atoms with Crippen LogP contribution in [0.4, 0.5) is 5.69 Å². The van der Waals surface area contributed by atoms with E-state index >= 15 is 0 Å². The quantitative estimate of drug-likeness (QED) is 0.654. The first-order valence-electron chi connectivity index (χ1n) is 3.74. The predicted molar refractivity (Wildman–Crippen MR) is 50.7 cm³/mol. The van der Waals surface area contributed by atoms with Crippen LogP contribution in [0.1, 0.15) is 6.92 Å². The molecule has 11 heavy (non-hydrogen) atoms. The van der Waals surface area contributed by atoms with E-state index in [-0.39, 0.29) is 0 Å². The standard InChI is InChI=1S/C8H10ClNS/c1-6-3-10(4-6)7-2-8(9)11-5-7/h2,5-6H,3-4H2,1H3. The summed E-state index contributed by atoms with van der Waals surface area (Å²) in [6, 6.07) is 2.04. The van der Waals surface area contributed by atoms with Crippen LogP contribution in [0.2, 0.25) is 4.34 Å². The lowest BCUT2D eigenvalue weighted by Gasteiger charge is -2.38. The van der Waals surface area contributed by atoms with E-state index in [0.29, 0.717) is 0 Å². The van der Waals surface area contributed by atoms with Crippen LogP contribution in [0.5, 0.6) is 0 Å². The Hall–Kier alpha value is -0.210. The lowest BCUT2D eigenvalue weighted by molar-refractivity contribution is 0.448. The summed E-state index contributed by atoms with van der Waals surface area (Å²) in [5.41, 5.74) is 1.29. The zero-order chi connectivity index (χ0) is 7.84. The Morgan fingerprint density at radius 3 is 2.82 bits per heavy atom. The van der Waals surface area contributed by atoms with Crippen LogP contribution < -0.4 is 4.90 Å². The minimum atomic E-state index is 0.855. The molecule has 0 atom stereocenters. The third-order valence-corrected chi connectivity index (χ3v) is 3.06. The molecule has 2 heterocycles. The number of thiophene rings is 1. The van der Waals surface area contributed by atoms with Crippen molar-refractivity contribution in [2.75, 3.05) is 18.0 Å². The van der Waals surface area contributed by atoms with Gasteiger partial charge in [0, 0.05) is 24.2 Å². The summed E-state index contributed by atoms with van der Waals surface area (Å²) >= 11 is 7.42. The van der Waals surface area contributed by atoms with Crippen LogP contribution >= 0.6 is 22.9 Å². The first-order valence-corrected chi connectivity index (χ1v) is 5.00. The Balaban J connectivity index is 2.07. The third-order valence-electron chi connectivity index (χ3n) is 1.98. The number of anilines is 1. The molecule has 60 valence electrons. The summed E-state index contributed by atoms with van der Waals surface area (Å²) in [4.78, 5) is 2.35. The summed E-state index contributed by atoms with van der Waals surface area (Å²) in [7, 11) is 0. The summed E-state index contributed by atoms with van der Waals surface area (Å²) in [5.74, 6) is 0.855. The second-order valence-electron chi connectivity index (χ2n) is 3.12. The van der Waals surface area contributed by atoms with Crippen molar-refractivity contribution >= 4 is 28.6 Å². The molecule has 0 saturated carbocycles. The largest absolute Gasteiger partial charge is 0.370 e. The number of rotatable bonds is 1. The Morgan fingerprint density at radius 2 is 2.36 bits per heavy atom. The van der Waals surface area contributed by atoms with Gasteiger partial charge in [-0.05, 0) is 12.0 Å². The van der Waals surface area contributed by atoms with E-state index in [1.807, 2.05) is 6.07 Å². The highest BCUT2D eigenvalue weighted by molar-refractivity contribution is 7.14. The molecule has 0 aliphatic carbocycles. The van der Waals surface area contributed by atoms with E-state index in [4.69, 9.17) is 11.6 Å². The minimum absolute atomic E-state index is 0.855. The molecule has 0 bridgehead atoms. The fourth-order valence-corrected chi connectivity index (χ4v) is 2.26. The second kappa shape index (κ2) is 2.68. The third kappa shape index (κ3) is 1.37. The van der Waals surface area contributed by atoms with Gasteiger partial charge < -0.3 is 4.90 Å². The topological polar surface area (TPSA) is 3.24 Å². The van der Waals surface area contributed by atoms with Gasteiger partial charge in [0.1, 0.15) is 0 Å². The molecule has 0 amide bonds. The lowest BCUT2D eigenvalue weighted by atomic mass is 10.0. The van der Waals surface area contributed by atoms with Gasteiger partial charge in [0.15, 0.2) is 0 Å². The number of hydrogen-bond acceptors (Lipinski definition) is 2. The zero-order valence-corrected chi connectivity index (χ0v) is 7.95. The maximum atomic E-state index is 5.81. The number of halogens is 1. The molecule has 0 radical (unpaired) electrons. The monoisotopic (exact) mass is 187 g/mol. The van der Waals surface area contributed by atoms with Crippen LogP contribution in [0.25, 0.3) is 0 Å². The average Bonchev–Trinajstić information content (AvgIpc) is 2.29. The highest BCUT2D eigenvalue weighted by Crippen LogP contribution is 2.31. The van der Waals surface area contributed by atoms with Crippen molar-refractivity contribution in [2.45, 2.75) is 6.92 Å². The molecule has 1 aromatic heterocycles. The van der Waals surface area contributed by atoms with Gasteiger partial charge in [-0.2, -0.15) is 0 Å². The average molecular weight is 188 g/mol. The van der Waals surface area contributed by atoms with Crippen LogP contribution in [0, 0.1) is 5.92 Å². The van der Waals surface area contributed by atoms with Gasteiger partial charge in [-0.15, -0.1) is 11.3 Å². The maximum absolute atomic E-state index is 5.81. The summed E-state index contributed by atoms with van der Waals surface area (Å²) in [6.07, 6.45) is 0. The first kappa shape index (κ1) is 7.44. The summed E-state index contributed by atoms with van der Waals surface area (Å²) in [6.45, 7) is 4.64. The Bertz CT molecular complexity index is 252. The van der Waals surface area contributed by atoms with Crippen molar-refractivity contribution in [2.24, 2.45) is 5.92 Å². The fourth-order valence-electron chi connectivity index (χ4n) is 1.38. The van der Waals surface area contributed by atoms with E-state index in [1.165, 1.54) is 18.8 Å². The summed E-state index contributed by atoms with van der Waals surface area (Å²) < 4.78 is 0.888. The first-order chi connectivity index (χ1) is 5.25. The Morgan fingerprint density at radius 1 is 1.64 bits per heavy atom. The number of nitrogens with zero attached hydrogens (tertiary/aromatic N) is 1. The van der Waals surface area contributed by atoms with Gasteiger partial charge in [-0.3, -0.25) is 0 Å². The van der Waals surface area contributed by atoms with Crippen molar-refractivity contribution in [3.63, 3.8) is 0 Å². The molecule has 1 aliphatic heterocycles. The number of hydrogen-bond donors (Lipinski definition) is 0. The Kier molecular flexibility index (Phi) is 1.81. The molecule has 0 unspecified atom stereocenters. The molecule has 0 N–H and O–H groups in total. The molecule has 1 aliphatic rings. The normalized spacial score (nSPS) is 18.5. The van der Waals surface area contributed by atoms with E-state index in [0.717, 1.165) is 10.3 Å². The van der Waals surface area contributed by atoms with Gasteiger partial charge in [-0.1, -0.05) is 18.5 Å².